The van der Waals surface area contributed by atoms with Crippen LogP contribution < -0.4 is 15.4 Å². The maximum atomic E-state index is 12.7. The zero-order chi connectivity index (χ0) is 21.7. The molecule has 0 atom stereocenters. The van der Waals surface area contributed by atoms with E-state index in [2.05, 4.69) is 21.6 Å². The van der Waals surface area contributed by atoms with Gasteiger partial charge >= 0.3 is 0 Å². The molecule has 2 aromatic rings. The molecule has 0 spiro atoms. The van der Waals surface area contributed by atoms with Gasteiger partial charge in [0.2, 0.25) is 11.8 Å². The molecule has 2 amide bonds. The summed E-state index contributed by atoms with van der Waals surface area (Å²) in [6.45, 7) is 7.81. The Bertz CT molecular complexity index is 898. The van der Waals surface area contributed by atoms with Crippen LogP contribution in [0.3, 0.4) is 0 Å². The number of benzene rings is 2. The number of nitrogens with one attached hydrogen (secondary N) is 2. The first-order valence-electron chi connectivity index (χ1n) is 10.4. The molecule has 0 bridgehead atoms. The third-order valence-electron chi connectivity index (χ3n) is 5.45. The smallest absolute Gasteiger partial charge is 0.238 e. The Labute approximate surface area is 178 Å². The monoisotopic (exact) mass is 409 g/mol. The molecule has 1 heterocycles. The Balaban J connectivity index is 1.48. The molecule has 160 valence electrons. The molecule has 0 aromatic heterocycles. The molecule has 2 aromatic carbocycles. The third-order valence-corrected chi connectivity index (χ3v) is 5.45. The van der Waals surface area contributed by atoms with Gasteiger partial charge in [-0.1, -0.05) is 12.1 Å². The maximum absolute atomic E-state index is 12.7. The molecule has 0 radical (unpaired) electrons. The molecule has 3 rings (SSSR count). The summed E-state index contributed by atoms with van der Waals surface area (Å²) in [6, 6.07) is 11.8. The Morgan fingerprint density at radius 2 is 1.63 bits per heavy atom. The first kappa shape index (κ1) is 21.8. The van der Waals surface area contributed by atoms with Crippen LogP contribution in [0.25, 0.3) is 0 Å². The van der Waals surface area contributed by atoms with E-state index in [4.69, 9.17) is 4.74 Å². The fourth-order valence-electron chi connectivity index (χ4n) is 3.94. The molecule has 2 N–H and O–H groups in total. The molecule has 1 aliphatic heterocycles. The van der Waals surface area contributed by atoms with E-state index >= 15 is 0 Å². The van der Waals surface area contributed by atoms with Gasteiger partial charge < -0.3 is 15.4 Å². The highest BCUT2D eigenvalue weighted by atomic mass is 16.5. The summed E-state index contributed by atoms with van der Waals surface area (Å²) >= 11 is 0. The number of carbonyl (C=O) groups excluding carboxylic acids is 2. The minimum atomic E-state index is -0.0604. The van der Waals surface area contributed by atoms with Crippen LogP contribution >= 0.6 is 0 Å². The Morgan fingerprint density at radius 3 is 2.27 bits per heavy atom. The van der Waals surface area contributed by atoms with Gasteiger partial charge in [0.1, 0.15) is 5.75 Å². The SMILES string of the molecule is COc1cc(C)ccc1NC(=O)C1CCN(CC(=O)Nc2cc(C)cc(C)c2)CC1. The van der Waals surface area contributed by atoms with Crippen molar-refractivity contribution in [1.82, 2.24) is 4.90 Å². The summed E-state index contributed by atoms with van der Waals surface area (Å²) in [5.74, 6) is 0.599. The highest BCUT2D eigenvalue weighted by molar-refractivity contribution is 5.94. The van der Waals surface area contributed by atoms with Gasteiger partial charge in [-0.15, -0.1) is 0 Å². The highest BCUT2D eigenvalue weighted by Gasteiger charge is 2.26. The molecule has 1 fully saturated rings. The molecule has 1 aliphatic rings. The molecule has 0 aliphatic carbocycles. The van der Waals surface area contributed by atoms with E-state index in [0.29, 0.717) is 18.0 Å². The van der Waals surface area contributed by atoms with E-state index < -0.39 is 0 Å². The number of ether oxygens (including phenoxy) is 1. The van der Waals surface area contributed by atoms with Crippen LogP contribution in [0.15, 0.2) is 36.4 Å². The molecule has 6 nitrogen and oxygen atoms in total. The second kappa shape index (κ2) is 9.76. The van der Waals surface area contributed by atoms with E-state index in [0.717, 1.165) is 48.3 Å². The van der Waals surface area contributed by atoms with Crippen molar-refractivity contribution in [2.75, 3.05) is 37.4 Å². The zero-order valence-electron chi connectivity index (χ0n) is 18.2. The Morgan fingerprint density at radius 1 is 0.967 bits per heavy atom. The standard InChI is InChI=1S/C24H31N3O3/c1-16-5-6-21(22(14-16)30-4)26-24(29)19-7-9-27(10-8-19)15-23(28)25-20-12-17(2)11-18(3)13-20/h5-6,11-14,19H,7-10,15H2,1-4H3,(H,25,28)(H,26,29). The van der Waals surface area contributed by atoms with Crippen LogP contribution in [-0.2, 0) is 9.59 Å². The number of likely N-dealkylation sites (tertiary alicyclic amines) is 1. The number of nitrogens with zero attached hydrogens (tertiary/aromatic N) is 1. The predicted octanol–water partition coefficient (Wildman–Crippen LogP) is 3.91. The van der Waals surface area contributed by atoms with Crippen molar-refractivity contribution in [3.05, 3.63) is 53.1 Å². The molecule has 6 heteroatoms. The number of carbonyl (C=O) groups is 2. The van der Waals surface area contributed by atoms with Gasteiger partial charge in [0.15, 0.2) is 0 Å². The topological polar surface area (TPSA) is 70.7 Å². The third kappa shape index (κ3) is 5.83. The first-order chi connectivity index (χ1) is 14.3. The lowest BCUT2D eigenvalue weighted by Crippen LogP contribution is -2.41. The average Bonchev–Trinajstić information content (AvgIpc) is 2.68. The van der Waals surface area contributed by atoms with Crippen molar-refractivity contribution in [2.24, 2.45) is 5.92 Å². The minimum Gasteiger partial charge on any atom is -0.495 e. The quantitative estimate of drug-likeness (QED) is 0.759. The van der Waals surface area contributed by atoms with Crippen LogP contribution in [0, 0.1) is 26.7 Å². The van der Waals surface area contributed by atoms with E-state index in [1.54, 1.807) is 7.11 Å². The largest absolute Gasteiger partial charge is 0.495 e. The van der Waals surface area contributed by atoms with Crippen molar-refractivity contribution in [3.8, 4) is 5.75 Å². The maximum Gasteiger partial charge on any atom is 0.238 e. The van der Waals surface area contributed by atoms with E-state index in [1.807, 2.05) is 51.1 Å². The van der Waals surface area contributed by atoms with Gasteiger partial charge in [-0.3, -0.25) is 14.5 Å². The van der Waals surface area contributed by atoms with E-state index in [1.165, 1.54) is 0 Å². The minimum absolute atomic E-state index is 0.0106. The summed E-state index contributed by atoms with van der Waals surface area (Å²) < 4.78 is 5.37. The summed E-state index contributed by atoms with van der Waals surface area (Å²) in [5.41, 5.74) is 4.86. The van der Waals surface area contributed by atoms with Crippen molar-refractivity contribution in [3.63, 3.8) is 0 Å². The van der Waals surface area contributed by atoms with Crippen LogP contribution in [0.5, 0.6) is 5.75 Å². The zero-order valence-corrected chi connectivity index (χ0v) is 18.2. The fourth-order valence-corrected chi connectivity index (χ4v) is 3.94. The van der Waals surface area contributed by atoms with Crippen molar-refractivity contribution < 1.29 is 14.3 Å². The first-order valence-corrected chi connectivity index (χ1v) is 10.4. The molecule has 0 saturated carbocycles. The molecular formula is C24H31N3O3. The molecule has 30 heavy (non-hydrogen) atoms. The normalized spacial score (nSPS) is 14.9. The van der Waals surface area contributed by atoms with Gasteiger partial charge in [0, 0.05) is 11.6 Å². The number of aryl methyl sites for hydroxylation is 3. The Hall–Kier alpha value is -2.86. The number of anilines is 2. The number of hydrogen-bond donors (Lipinski definition) is 2. The Kier molecular flexibility index (Phi) is 7.11. The number of hydrogen-bond acceptors (Lipinski definition) is 4. The summed E-state index contributed by atoms with van der Waals surface area (Å²) in [6.07, 6.45) is 1.47. The van der Waals surface area contributed by atoms with Crippen molar-refractivity contribution in [2.45, 2.75) is 33.6 Å². The lowest BCUT2D eigenvalue weighted by Gasteiger charge is -2.30. The number of piperidine rings is 1. The van der Waals surface area contributed by atoms with Crippen molar-refractivity contribution >= 4 is 23.2 Å². The van der Waals surface area contributed by atoms with E-state index in [9.17, 15) is 9.59 Å². The van der Waals surface area contributed by atoms with E-state index in [-0.39, 0.29) is 17.7 Å². The van der Waals surface area contributed by atoms with Crippen LogP contribution in [0.2, 0.25) is 0 Å². The second-order valence-corrected chi connectivity index (χ2v) is 8.17. The second-order valence-electron chi connectivity index (χ2n) is 8.17. The lowest BCUT2D eigenvalue weighted by molar-refractivity contribution is -0.121. The fraction of sp³-hybridized carbons (Fsp3) is 0.417. The van der Waals surface area contributed by atoms with Gasteiger partial charge in [-0.2, -0.15) is 0 Å². The number of methoxy groups -OCH3 is 1. The average molecular weight is 410 g/mol. The van der Waals surface area contributed by atoms with Crippen molar-refractivity contribution in [1.29, 1.82) is 0 Å². The molecular weight excluding hydrogens is 378 g/mol. The molecule has 1 saturated heterocycles. The summed E-state index contributed by atoms with van der Waals surface area (Å²) in [4.78, 5) is 27.2. The summed E-state index contributed by atoms with van der Waals surface area (Å²) in [7, 11) is 1.60. The lowest BCUT2D eigenvalue weighted by atomic mass is 9.95. The van der Waals surface area contributed by atoms with Gasteiger partial charge in [0.05, 0.1) is 19.3 Å². The predicted molar refractivity (Wildman–Crippen MR) is 120 cm³/mol. The summed E-state index contributed by atoms with van der Waals surface area (Å²) in [5, 5.41) is 5.98. The van der Waals surface area contributed by atoms with Gasteiger partial charge in [0.25, 0.3) is 0 Å². The van der Waals surface area contributed by atoms with Gasteiger partial charge in [-0.25, -0.2) is 0 Å². The van der Waals surface area contributed by atoms with Crippen LogP contribution in [0.4, 0.5) is 11.4 Å². The van der Waals surface area contributed by atoms with Gasteiger partial charge in [-0.05, 0) is 87.7 Å². The number of rotatable bonds is 6. The highest BCUT2D eigenvalue weighted by Crippen LogP contribution is 2.27. The number of amides is 2. The van der Waals surface area contributed by atoms with Crippen LogP contribution in [-0.4, -0.2) is 43.5 Å². The molecule has 0 unspecified atom stereocenters. The van der Waals surface area contributed by atoms with Crippen LogP contribution in [0.1, 0.15) is 29.5 Å².